The smallest absolute Gasteiger partial charge is 0.329 e. The maximum Gasteiger partial charge on any atom is 0.329 e. The molecule has 1 unspecified atom stereocenters. The molecule has 3 aliphatic rings. The van der Waals surface area contributed by atoms with Gasteiger partial charge in [-0.25, -0.2) is 23.5 Å². The van der Waals surface area contributed by atoms with Crippen molar-refractivity contribution >= 4 is 45.6 Å². The SMILES string of the molecule is Cn1c(=O)n(C2CCC(=O)NC2=O)c2ccc(CN3CCN(c4ncc(-c5ccc6cn([C@H]7CC[C@H](CNC(=O)c8cc(F)c(O)c(F)c8F)CC7)nc6c5)cn4)CC3)cc21. The number of nitrogens with one attached hydrogen (secondary N) is 2. The fraction of sp³-hybridized carbons (Fsp3) is 0.372. The summed E-state index contributed by atoms with van der Waals surface area (Å²) >= 11 is 0. The van der Waals surface area contributed by atoms with Crippen molar-refractivity contribution < 1.29 is 32.7 Å². The van der Waals surface area contributed by atoms with Crippen LogP contribution in [0.4, 0.5) is 19.1 Å². The van der Waals surface area contributed by atoms with Crippen LogP contribution in [-0.2, 0) is 23.2 Å². The van der Waals surface area contributed by atoms with Gasteiger partial charge in [-0.3, -0.25) is 38.4 Å². The van der Waals surface area contributed by atoms with E-state index >= 15 is 0 Å². The average molecular weight is 837 g/mol. The molecule has 0 spiro atoms. The topological polar surface area (TPSA) is 173 Å². The zero-order valence-corrected chi connectivity index (χ0v) is 33.3. The summed E-state index contributed by atoms with van der Waals surface area (Å²) in [7, 11) is 1.70. The summed E-state index contributed by atoms with van der Waals surface area (Å²) < 4.78 is 46.6. The van der Waals surface area contributed by atoms with Gasteiger partial charge in [-0.15, -0.1) is 0 Å². The Kier molecular flexibility index (Phi) is 10.5. The molecule has 3 aromatic carbocycles. The van der Waals surface area contributed by atoms with Crippen molar-refractivity contribution in [2.45, 2.75) is 57.2 Å². The number of phenolic OH excluding ortho intramolecular Hbond substituents is 1. The van der Waals surface area contributed by atoms with Crippen LogP contribution in [0.15, 0.2) is 65.8 Å². The number of benzene rings is 3. The number of piperazine rings is 1. The van der Waals surface area contributed by atoms with Crippen LogP contribution in [0.2, 0.25) is 0 Å². The van der Waals surface area contributed by atoms with Crippen LogP contribution >= 0.6 is 0 Å². The Balaban J connectivity index is 0.773. The van der Waals surface area contributed by atoms with Gasteiger partial charge < -0.3 is 15.3 Å². The summed E-state index contributed by atoms with van der Waals surface area (Å²) in [4.78, 5) is 63.8. The van der Waals surface area contributed by atoms with Crippen molar-refractivity contribution in [3.05, 3.63) is 100 Å². The fourth-order valence-corrected chi connectivity index (χ4v) is 8.83. The number of anilines is 1. The molecule has 6 aromatic rings. The number of amides is 3. The van der Waals surface area contributed by atoms with Gasteiger partial charge in [-0.05, 0) is 73.4 Å². The number of aryl methyl sites for hydroxylation is 1. The number of nitrogens with zero attached hydrogens (tertiary/aromatic N) is 8. The van der Waals surface area contributed by atoms with Crippen molar-refractivity contribution in [1.82, 2.24) is 44.4 Å². The quantitative estimate of drug-likeness (QED) is 0.137. The maximum absolute atomic E-state index is 14.1. The zero-order valence-electron chi connectivity index (χ0n) is 33.3. The molecule has 0 bridgehead atoms. The van der Waals surface area contributed by atoms with Gasteiger partial charge in [0.1, 0.15) is 6.04 Å². The summed E-state index contributed by atoms with van der Waals surface area (Å²) in [6, 6.07) is 11.9. The Labute approximate surface area is 346 Å². The molecule has 3 fully saturated rings. The number of phenols is 1. The average Bonchev–Trinajstić information content (AvgIpc) is 3.81. The lowest BCUT2D eigenvalue weighted by Gasteiger charge is -2.34. The van der Waals surface area contributed by atoms with Crippen LogP contribution in [0.1, 0.15) is 66.5 Å². The van der Waals surface area contributed by atoms with E-state index < -0.39 is 46.6 Å². The second-order valence-electron chi connectivity index (χ2n) is 16.2. The number of fused-ring (bicyclic) bond motifs is 2. The molecule has 5 heterocycles. The third kappa shape index (κ3) is 7.71. The van der Waals surface area contributed by atoms with Crippen molar-refractivity contribution in [1.29, 1.82) is 0 Å². The van der Waals surface area contributed by atoms with Crippen LogP contribution in [-0.4, -0.2) is 89.3 Å². The molecule has 2 saturated heterocycles. The lowest BCUT2D eigenvalue weighted by atomic mass is 9.86. The van der Waals surface area contributed by atoms with Crippen molar-refractivity contribution in [2.75, 3.05) is 37.6 Å². The number of hydrogen-bond acceptors (Lipinski definition) is 10. The highest BCUT2D eigenvalue weighted by Crippen LogP contribution is 2.34. The molecule has 3 aromatic heterocycles. The molecular weight excluding hydrogens is 794 g/mol. The second-order valence-corrected chi connectivity index (χ2v) is 16.2. The number of hydrogen-bond donors (Lipinski definition) is 3. The Bertz CT molecular complexity index is 2750. The fourth-order valence-electron chi connectivity index (χ4n) is 8.83. The number of piperidine rings is 1. The molecule has 1 aliphatic carbocycles. The summed E-state index contributed by atoms with van der Waals surface area (Å²) in [6.45, 7) is 4.00. The molecule has 2 aliphatic heterocycles. The Hall–Kier alpha value is -6.56. The lowest BCUT2D eigenvalue weighted by molar-refractivity contribution is -0.135. The molecule has 3 N–H and O–H groups in total. The molecule has 18 heteroatoms. The molecule has 15 nitrogen and oxygen atoms in total. The number of rotatable bonds is 9. The number of aromatic nitrogens is 6. The van der Waals surface area contributed by atoms with Gasteiger partial charge in [0.25, 0.3) is 5.91 Å². The summed E-state index contributed by atoms with van der Waals surface area (Å²) in [5.74, 6) is -7.18. The standard InChI is InChI=1S/C43H43F3N10O5/c1-52-35-16-25(4-9-33(35)56(43(52)61)34-10-11-36(57)50-41(34)60)22-53-12-14-54(15-13-53)42-48-20-28(21-49-42)26-5-6-27-23-55(51-32(27)17-26)29-7-2-24(3-8-29)19-47-40(59)30-18-31(44)39(58)38(46)37(30)45/h4-6,9,16-18,20-21,23-24,29,34,58H,2-3,7-8,10-15,19,22H2,1H3,(H,47,59)(H,50,57,60)/t24-,29-,34?. The van der Waals surface area contributed by atoms with Gasteiger partial charge in [-0.1, -0.05) is 18.2 Å². The Morgan fingerprint density at radius 2 is 1.64 bits per heavy atom. The number of halogens is 3. The van der Waals surface area contributed by atoms with Crippen molar-refractivity contribution in [3.63, 3.8) is 0 Å². The molecule has 1 saturated carbocycles. The highest BCUT2D eigenvalue weighted by molar-refractivity contribution is 6.00. The third-order valence-corrected chi connectivity index (χ3v) is 12.4. The third-order valence-electron chi connectivity index (χ3n) is 12.4. The number of imide groups is 1. The second kappa shape index (κ2) is 16.1. The summed E-state index contributed by atoms with van der Waals surface area (Å²) in [6.07, 6.45) is 9.34. The minimum absolute atomic E-state index is 0.105. The highest BCUT2D eigenvalue weighted by atomic mass is 19.2. The molecule has 9 rings (SSSR count). The summed E-state index contributed by atoms with van der Waals surface area (Å²) in [5.41, 5.74) is 4.04. The van der Waals surface area contributed by atoms with E-state index in [0.29, 0.717) is 30.5 Å². The molecule has 3 amide bonds. The predicted octanol–water partition coefficient (Wildman–Crippen LogP) is 4.73. The van der Waals surface area contributed by atoms with Gasteiger partial charge in [0, 0.05) is 82.3 Å². The first-order valence-electron chi connectivity index (χ1n) is 20.4. The van der Waals surface area contributed by atoms with Crippen LogP contribution < -0.4 is 21.2 Å². The van der Waals surface area contributed by atoms with E-state index in [-0.39, 0.29) is 36.5 Å². The van der Waals surface area contributed by atoms with Crippen molar-refractivity contribution in [3.8, 4) is 16.9 Å². The van der Waals surface area contributed by atoms with E-state index in [1.165, 1.54) is 4.57 Å². The monoisotopic (exact) mass is 836 g/mol. The molecule has 316 valence electrons. The van der Waals surface area contributed by atoms with Gasteiger partial charge in [0.05, 0.1) is 28.2 Å². The number of carbonyl (C=O) groups is 3. The Morgan fingerprint density at radius 1 is 0.885 bits per heavy atom. The number of imidazole rings is 1. The van der Waals surface area contributed by atoms with Gasteiger partial charge in [0.15, 0.2) is 17.4 Å². The van der Waals surface area contributed by atoms with E-state index in [9.17, 15) is 37.5 Å². The van der Waals surface area contributed by atoms with Crippen LogP contribution in [0.5, 0.6) is 5.75 Å². The largest absolute Gasteiger partial charge is 0.503 e. The Morgan fingerprint density at radius 3 is 2.38 bits per heavy atom. The van der Waals surface area contributed by atoms with Gasteiger partial charge in [0.2, 0.25) is 23.6 Å². The van der Waals surface area contributed by atoms with E-state index in [1.54, 1.807) is 11.6 Å². The number of aromatic hydroxyl groups is 1. The van der Waals surface area contributed by atoms with E-state index in [4.69, 9.17) is 15.1 Å². The van der Waals surface area contributed by atoms with Crippen molar-refractivity contribution in [2.24, 2.45) is 13.0 Å². The zero-order chi connectivity index (χ0) is 42.5. The highest BCUT2D eigenvalue weighted by Gasteiger charge is 2.32. The predicted molar refractivity (Wildman–Crippen MR) is 218 cm³/mol. The van der Waals surface area contributed by atoms with Crippen LogP contribution in [0.3, 0.4) is 0 Å². The first kappa shape index (κ1) is 39.9. The molecular formula is C43H43F3N10O5. The maximum atomic E-state index is 14.1. The van der Waals surface area contributed by atoms with E-state index in [2.05, 4.69) is 20.4 Å². The first-order valence-corrected chi connectivity index (χ1v) is 20.4. The van der Waals surface area contributed by atoms with E-state index in [1.807, 2.05) is 59.7 Å². The van der Waals surface area contributed by atoms with Gasteiger partial charge >= 0.3 is 5.69 Å². The van der Waals surface area contributed by atoms with Gasteiger partial charge in [-0.2, -0.15) is 9.49 Å². The lowest BCUT2D eigenvalue weighted by Crippen LogP contribution is -2.46. The first-order chi connectivity index (χ1) is 29.4. The van der Waals surface area contributed by atoms with E-state index in [0.717, 1.165) is 85.0 Å². The minimum Gasteiger partial charge on any atom is -0.503 e. The minimum atomic E-state index is -1.79. The molecule has 61 heavy (non-hydrogen) atoms. The molecule has 0 radical (unpaired) electrons. The summed E-state index contributed by atoms with van der Waals surface area (Å²) in [5, 5.41) is 20.1. The molecule has 1 atom stereocenters. The van der Waals surface area contributed by atoms with Crippen LogP contribution in [0, 0.1) is 23.4 Å². The van der Waals surface area contributed by atoms with Crippen LogP contribution in [0.25, 0.3) is 33.1 Å². The number of carbonyl (C=O) groups excluding carboxylic acids is 3. The normalized spacial score (nSPS) is 20.1.